The molecule has 2 N–H and O–H groups in total. The van der Waals surface area contributed by atoms with E-state index >= 15 is 0 Å². The van der Waals surface area contributed by atoms with Crippen LogP contribution in [0.4, 0.5) is 5.82 Å². The van der Waals surface area contributed by atoms with Gasteiger partial charge in [-0.25, -0.2) is 4.68 Å². The minimum absolute atomic E-state index is 0.454. The Bertz CT molecular complexity index is 551. The molecule has 1 heterocycles. The Morgan fingerprint density at radius 2 is 1.94 bits per heavy atom. The molecule has 0 spiro atoms. The summed E-state index contributed by atoms with van der Waals surface area (Å²) in [7, 11) is 3.22. The van der Waals surface area contributed by atoms with Gasteiger partial charge in [0.15, 0.2) is 17.3 Å². The van der Waals surface area contributed by atoms with Crippen molar-refractivity contribution < 1.29 is 9.47 Å². The van der Waals surface area contributed by atoms with E-state index in [1.54, 1.807) is 18.9 Å². The fourth-order valence-corrected chi connectivity index (χ4v) is 1.68. The van der Waals surface area contributed by atoms with Gasteiger partial charge in [0.2, 0.25) is 0 Å². The second-order valence-corrected chi connectivity index (χ2v) is 3.91. The molecular weight excluding hydrogens is 232 g/mol. The zero-order chi connectivity index (χ0) is 13.1. The van der Waals surface area contributed by atoms with Crippen LogP contribution in [0, 0.1) is 6.92 Å². The van der Waals surface area contributed by atoms with Gasteiger partial charge in [-0.3, -0.25) is 0 Å². The van der Waals surface area contributed by atoms with Gasteiger partial charge in [0.25, 0.3) is 0 Å². The van der Waals surface area contributed by atoms with E-state index in [0.29, 0.717) is 23.9 Å². The zero-order valence-electron chi connectivity index (χ0n) is 10.7. The Balaban J connectivity index is 2.27. The molecule has 0 fully saturated rings. The molecule has 0 aliphatic carbocycles. The number of hydrogen-bond acceptors (Lipinski definition) is 5. The molecule has 18 heavy (non-hydrogen) atoms. The summed E-state index contributed by atoms with van der Waals surface area (Å²) in [5, 5.41) is 7.80. The van der Waals surface area contributed by atoms with Crippen molar-refractivity contribution in [3.05, 3.63) is 29.5 Å². The summed E-state index contributed by atoms with van der Waals surface area (Å²) in [6.45, 7) is 2.48. The minimum atomic E-state index is 0.454. The fourth-order valence-electron chi connectivity index (χ4n) is 1.68. The molecule has 96 valence electrons. The highest BCUT2D eigenvalue weighted by molar-refractivity contribution is 5.43. The summed E-state index contributed by atoms with van der Waals surface area (Å²) in [4.78, 5) is 0. The van der Waals surface area contributed by atoms with Gasteiger partial charge in [-0.15, -0.1) is 5.10 Å². The van der Waals surface area contributed by atoms with Gasteiger partial charge in [-0.2, -0.15) is 0 Å². The molecule has 0 atom stereocenters. The van der Waals surface area contributed by atoms with E-state index in [4.69, 9.17) is 15.2 Å². The molecule has 0 bridgehead atoms. The van der Waals surface area contributed by atoms with Crippen molar-refractivity contribution in [2.24, 2.45) is 0 Å². The van der Waals surface area contributed by atoms with Gasteiger partial charge in [0.1, 0.15) is 0 Å². The van der Waals surface area contributed by atoms with Crippen LogP contribution in [0.5, 0.6) is 11.5 Å². The third-order valence-corrected chi connectivity index (χ3v) is 2.80. The Morgan fingerprint density at radius 1 is 1.22 bits per heavy atom. The van der Waals surface area contributed by atoms with Gasteiger partial charge in [-0.1, -0.05) is 11.3 Å². The van der Waals surface area contributed by atoms with Crippen LogP contribution >= 0.6 is 0 Å². The molecule has 0 aliphatic rings. The standard InChI is InChI=1S/C12H16N4O2/c1-8-12(13)14-15-16(8)7-9-4-5-10(17-2)11(6-9)18-3/h4-6H,7,13H2,1-3H3. The number of nitrogens with zero attached hydrogens (tertiary/aromatic N) is 3. The van der Waals surface area contributed by atoms with E-state index in [1.807, 2.05) is 25.1 Å². The fraction of sp³-hybridized carbons (Fsp3) is 0.333. The molecule has 0 saturated carbocycles. The lowest BCUT2D eigenvalue weighted by atomic mass is 10.2. The maximum atomic E-state index is 5.66. The summed E-state index contributed by atoms with van der Waals surface area (Å²) in [6, 6.07) is 5.73. The highest BCUT2D eigenvalue weighted by atomic mass is 16.5. The number of anilines is 1. The largest absolute Gasteiger partial charge is 0.493 e. The first-order valence-electron chi connectivity index (χ1n) is 5.52. The Kier molecular flexibility index (Phi) is 3.36. The quantitative estimate of drug-likeness (QED) is 0.880. The number of nitrogen functional groups attached to an aromatic ring is 1. The van der Waals surface area contributed by atoms with Crippen LogP contribution in [-0.2, 0) is 6.54 Å². The van der Waals surface area contributed by atoms with Crippen LogP contribution in [0.15, 0.2) is 18.2 Å². The maximum absolute atomic E-state index is 5.66. The van der Waals surface area contributed by atoms with Crippen molar-refractivity contribution >= 4 is 5.82 Å². The second kappa shape index (κ2) is 4.95. The van der Waals surface area contributed by atoms with Crippen LogP contribution in [0.2, 0.25) is 0 Å². The van der Waals surface area contributed by atoms with Crippen molar-refractivity contribution in [3.63, 3.8) is 0 Å². The molecule has 6 heteroatoms. The van der Waals surface area contributed by atoms with Gasteiger partial charge in [0, 0.05) is 0 Å². The van der Waals surface area contributed by atoms with Crippen LogP contribution in [-0.4, -0.2) is 29.2 Å². The molecular formula is C12H16N4O2. The molecule has 1 aromatic heterocycles. The number of ether oxygens (including phenoxy) is 2. The first kappa shape index (κ1) is 12.2. The smallest absolute Gasteiger partial charge is 0.168 e. The summed E-state index contributed by atoms with van der Waals surface area (Å²) < 4.78 is 12.2. The van der Waals surface area contributed by atoms with Gasteiger partial charge < -0.3 is 15.2 Å². The molecule has 0 saturated heterocycles. The van der Waals surface area contributed by atoms with E-state index in [-0.39, 0.29) is 0 Å². The normalized spacial score (nSPS) is 10.4. The number of benzene rings is 1. The summed E-state index contributed by atoms with van der Waals surface area (Å²) in [5.41, 5.74) is 7.55. The van der Waals surface area contributed by atoms with Crippen LogP contribution in [0.25, 0.3) is 0 Å². The Labute approximate surface area is 105 Å². The SMILES string of the molecule is COc1ccc(Cn2nnc(N)c2C)cc1OC. The lowest BCUT2D eigenvalue weighted by Crippen LogP contribution is -2.05. The van der Waals surface area contributed by atoms with Crippen molar-refractivity contribution in [3.8, 4) is 11.5 Å². The molecule has 0 aliphatic heterocycles. The number of aromatic nitrogens is 3. The van der Waals surface area contributed by atoms with E-state index in [0.717, 1.165) is 11.3 Å². The van der Waals surface area contributed by atoms with E-state index in [1.165, 1.54) is 0 Å². The molecule has 0 amide bonds. The molecule has 0 unspecified atom stereocenters. The van der Waals surface area contributed by atoms with Crippen molar-refractivity contribution in [1.82, 2.24) is 15.0 Å². The van der Waals surface area contributed by atoms with Crippen molar-refractivity contribution in [2.45, 2.75) is 13.5 Å². The molecule has 6 nitrogen and oxygen atoms in total. The van der Waals surface area contributed by atoms with Crippen molar-refractivity contribution in [1.29, 1.82) is 0 Å². The lowest BCUT2D eigenvalue weighted by Gasteiger charge is -2.10. The number of hydrogen-bond donors (Lipinski definition) is 1. The predicted octanol–water partition coefficient (Wildman–Crippen LogP) is 1.23. The number of methoxy groups -OCH3 is 2. The van der Waals surface area contributed by atoms with Crippen LogP contribution in [0.1, 0.15) is 11.3 Å². The Morgan fingerprint density at radius 3 is 2.50 bits per heavy atom. The van der Waals surface area contributed by atoms with Crippen molar-refractivity contribution in [2.75, 3.05) is 20.0 Å². The maximum Gasteiger partial charge on any atom is 0.168 e. The molecule has 1 aromatic carbocycles. The number of rotatable bonds is 4. The summed E-state index contributed by atoms with van der Waals surface area (Å²) in [5.74, 6) is 1.85. The first-order chi connectivity index (χ1) is 8.65. The number of nitrogens with two attached hydrogens (primary N) is 1. The van der Waals surface area contributed by atoms with Crippen LogP contribution < -0.4 is 15.2 Å². The van der Waals surface area contributed by atoms with E-state index < -0.39 is 0 Å². The minimum Gasteiger partial charge on any atom is -0.493 e. The van der Waals surface area contributed by atoms with E-state index in [9.17, 15) is 0 Å². The van der Waals surface area contributed by atoms with Gasteiger partial charge >= 0.3 is 0 Å². The third kappa shape index (κ3) is 2.22. The highest BCUT2D eigenvalue weighted by Crippen LogP contribution is 2.27. The lowest BCUT2D eigenvalue weighted by molar-refractivity contribution is 0.354. The zero-order valence-corrected chi connectivity index (χ0v) is 10.7. The first-order valence-corrected chi connectivity index (χ1v) is 5.52. The molecule has 0 radical (unpaired) electrons. The third-order valence-electron chi connectivity index (χ3n) is 2.80. The summed E-state index contributed by atoms with van der Waals surface area (Å²) >= 11 is 0. The molecule has 2 aromatic rings. The summed E-state index contributed by atoms with van der Waals surface area (Å²) in [6.07, 6.45) is 0. The van der Waals surface area contributed by atoms with Crippen LogP contribution in [0.3, 0.4) is 0 Å². The average molecular weight is 248 g/mol. The predicted molar refractivity (Wildman–Crippen MR) is 67.8 cm³/mol. The highest BCUT2D eigenvalue weighted by Gasteiger charge is 2.08. The Hall–Kier alpha value is -2.24. The van der Waals surface area contributed by atoms with Gasteiger partial charge in [-0.05, 0) is 24.6 Å². The second-order valence-electron chi connectivity index (χ2n) is 3.91. The van der Waals surface area contributed by atoms with Gasteiger partial charge in [0.05, 0.1) is 26.5 Å². The van der Waals surface area contributed by atoms with E-state index in [2.05, 4.69) is 10.3 Å². The molecule has 2 rings (SSSR count). The average Bonchev–Trinajstić information content (AvgIpc) is 2.70. The topological polar surface area (TPSA) is 75.2 Å². The monoisotopic (exact) mass is 248 g/mol.